The topological polar surface area (TPSA) is 99.1 Å². The van der Waals surface area contributed by atoms with Crippen molar-refractivity contribution in [3.8, 4) is 5.75 Å². The van der Waals surface area contributed by atoms with Crippen LogP contribution in [-0.2, 0) is 14.8 Å². The van der Waals surface area contributed by atoms with Gasteiger partial charge in [0.25, 0.3) is 5.91 Å². The van der Waals surface area contributed by atoms with E-state index < -0.39 is 15.9 Å². The summed E-state index contributed by atoms with van der Waals surface area (Å²) < 4.78 is 28.5. The van der Waals surface area contributed by atoms with Crippen molar-refractivity contribution in [1.82, 2.24) is 9.73 Å². The number of carbonyl (C=O) groups is 1. The van der Waals surface area contributed by atoms with Crippen LogP contribution < -0.4 is 5.43 Å². The van der Waals surface area contributed by atoms with E-state index in [4.69, 9.17) is 0 Å². The summed E-state index contributed by atoms with van der Waals surface area (Å²) in [4.78, 5) is 12.7. The van der Waals surface area contributed by atoms with Crippen LogP contribution in [0.4, 0.5) is 0 Å². The molecule has 30 heavy (non-hydrogen) atoms. The van der Waals surface area contributed by atoms with Gasteiger partial charge in [-0.2, -0.15) is 9.41 Å². The van der Waals surface area contributed by atoms with Gasteiger partial charge in [0.1, 0.15) is 5.75 Å². The van der Waals surface area contributed by atoms with Crippen molar-refractivity contribution < 1.29 is 18.3 Å². The summed E-state index contributed by atoms with van der Waals surface area (Å²) >= 11 is 3.30. The van der Waals surface area contributed by atoms with Crippen molar-refractivity contribution in [2.24, 2.45) is 5.10 Å². The monoisotopic (exact) mass is 493 g/mol. The normalized spacial score (nSPS) is 15.5. The van der Waals surface area contributed by atoms with E-state index in [1.54, 1.807) is 30.3 Å². The minimum Gasteiger partial charge on any atom is -0.507 e. The van der Waals surface area contributed by atoms with Crippen LogP contribution in [0.1, 0.15) is 37.7 Å². The third kappa shape index (κ3) is 5.68. The Hall–Kier alpha value is -2.23. The van der Waals surface area contributed by atoms with Gasteiger partial charge < -0.3 is 5.11 Å². The lowest BCUT2D eigenvalue weighted by molar-refractivity contribution is -0.121. The van der Waals surface area contributed by atoms with E-state index in [1.807, 2.05) is 0 Å². The molecule has 0 aliphatic heterocycles. The maximum absolute atomic E-state index is 13.2. The third-order valence-electron chi connectivity index (χ3n) is 5.01. The fourth-order valence-corrected chi connectivity index (χ4v) is 5.53. The summed E-state index contributed by atoms with van der Waals surface area (Å²) in [5.74, 6) is -0.516. The zero-order valence-electron chi connectivity index (χ0n) is 16.4. The molecule has 1 saturated carbocycles. The molecule has 0 aromatic heterocycles. The van der Waals surface area contributed by atoms with Gasteiger partial charge in [0.2, 0.25) is 10.0 Å². The summed E-state index contributed by atoms with van der Waals surface area (Å²) in [7, 11) is -3.81. The molecule has 0 atom stereocenters. The molecule has 1 fully saturated rings. The number of benzene rings is 2. The molecule has 0 unspecified atom stereocenters. The van der Waals surface area contributed by atoms with E-state index in [0.717, 1.165) is 36.6 Å². The molecular weight excluding hydrogens is 470 g/mol. The standard InChI is InChI=1S/C21H24BrN3O4S/c22-17-11-12-20(26)16(13-17)14-23-24-21(27)15-25(18-7-3-1-4-8-18)30(28,29)19-9-5-2-6-10-19/h2,5-6,9-14,18,26H,1,3-4,7-8,15H2,(H,24,27)/b23-14-. The van der Waals surface area contributed by atoms with E-state index in [1.165, 1.54) is 28.7 Å². The molecule has 0 radical (unpaired) electrons. The van der Waals surface area contributed by atoms with Crippen molar-refractivity contribution in [1.29, 1.82) is 0 Å². The Morgan fingerprint density at radius 2 is 1.87 bits per heavy atom. The number of hydrogen-bond acceptors (Lipinski definition) is 5. The quantitative estimate of drug-likeness (QED) is 0.454. The zero-order valence-corrected chi connectivity index (χ0v) is 18.8. The molecule has 3 rings (SSSR count). The highest BCUT2D eigenvalue weighted by Gasteiger charge is 2.33. The van der Waals surface area contributed by atoms with Crippen LogP contribution in [0, 0.1) is 0 Å². The molecule has 2 N–H and O–H groups in total. The minimum absolute atomic E-state index is 0.0201. The van der Waals surface area contributed by atoms with Crippen molar-refractivity contribution in [2.75, 3.05) is 6.54 Å². The first-order valence-electron chi connectivity index (χ1n) is 9.75. The van der Waals surface area contributed by atoms with Crippen LogP contribution in [0.5, 0.6) is 5.75 Å². The maximum atomic E-state index is 13.2. The molecule has 0 bridgehead atoms. The van der Waals surface area contributed by atoms with Crippen LogP contribution in [-0.4, -0.2) is 42.5 Å². The smallest absolute Gasteiger partial charge is 0.255 e. The molecule has 1 amide bonds. The first-order chi connectivity index (χ1) is 14.4. The van der Waals surface area contributed by atoms with E-state index in [9.17, 15) is 18.3 Å². The van der Waals surface area contributed by atoms with Gasteiger partial charge in [-0.25, -0.2) is 13.8 Å². The van der Waals surface area contributed by atoms with Gasteiger partial charge in [-0.1, -0.05) is 53.4 Å². The largest absolute Gasteiger partial charge is 0.507 e. The van der Waals surface area contributed by atoms with Crippen molar-refractivity contribution in [3.05, 3.63) is 58.6 Å². The number of amides is 1. The SMILES string of the molecule is O=C(CN(C1CCCCC1)S(=O)(=O)c1ccccc1)N/N=C\c1cc(Br)ccc1O. The first-order valence-corrected chi connectivity index (χ1v) is 12.0. The number of nitrogens with zero attached hydrogens (tertiary/aromatic N) is 2. The lowest BCUT2D eigenvalue weighted by Crippen LogP contribution is -2.46. The predicted molar refractivity (Wildman–Crippen MR) is 119 cm³/mol. The fraction of sp³-hybridized carbons (Fsp3) is 0.333. The second-order valence-electron chi connectivity index (χ2n) is 7.15. The number of halogens is 1. The summed E-state index contributed by atoms with van der Waals surface area (Å²) in [6.45, 7) is -0.316. The summed E-state index contributed by atoms with van der Waals surface area (Å²) in [5, 5.41) is 13.7. The molecule has 0 saturated heterocycles. The van der Waals surface area contributed by atoms with E-state index in [0.29, 0.717) is 5.56 Å². The van der Waals surface area contributed by atoms with Gasteiger partial charge in [-0.3, -0.25) is 4.79 Å². The number of phenolic OH excluding ortho intramolecular Hbond substituents is 1. The predicted octanol–water partition coefficient (Wildman–Crippen LogP) is 3.63. The van der Waals surface area contributed by atoms with E-state index in [-0.39, 0.29) is 23.2 Å². The first kappa shape index (κ1) is 22.5. The van der Waals surface area contributed by atoms with Gasteiger partial charge in [0.15, 0.2) is 0 Å². The number of nitrogens with one attached hydrogen (secondary N) is 1. The van der Waals surface area contributed by atoms with E-state index >= 15 is 0 Å². The Morgan fingerprint density at radius 3 is 2.57 bits per heavy atom. The van der Waals surface area contributed by atoms with Crippen molar-refractivity contribution in [2.45, 2.75) is 43.0 Å². The summed E-state index contributed by atoms with van der Waals surface area (Å²) in [5.41, 5.74) is 2.79. The molecular formula is C21H24BrN3O4S. The van der Waals surface area contributed by atoms with Crippen LogP contribution >= 0.6 is 15.9 Å². The molecule has 1 aliphatic rings. The van der Waals surface area contributed by atoms with Gasteiger partial charge in [0.05, 0.1) is 17.7 Å². The number of phenols is 1. The molecule has 0 heterocycles. The Kier molecular flexibility index (Phi) is 7.63. The molecule has 160 valence electrons. The third-order valence-corrected chi connectivity index (χ3v) is 7.42. The number of aromatic hydroxyl groups is 1. The molecule has 9 heteroatoms. The van der Waals surface area contributed by atoms with Crippen LogP contribution in [0.15, 0.2) is 63.0 Å². The second kappa shape index (κ2) is 10.2. The van der Waals surface area contributed by atoms with Crippen LogP contribution in [0.25, 0.3) is 0 Å². The summed E-state index contributed by atoms with van der Waals surface area (Å²) in [6.07, 6.45) is 5.72. The zero-order chi connectivity index (χ0) is 21.6. The molecule has 0 spiro atoms. The Morgan fingerprint density at radius 1 is 1.17 bits per heavy atom. The Labute approximate surface area is 185 Å². The van der Waals surface area contributed by atoms with Gasteiger partial charge in [-0.05, 0) is 43.2 Å². The lowest BCUT2D eigenvalue weighted by Gasteiger charge is -2.32. The van der Waals surface area contributed by atoms with Crippen LogP contribution in [0.2, 0.25) is 0 Å². The average Bonchev–Trinajstić information content (AvgIpc) is 2.75. The highest BCUT2D eigenvalue weighted by Crippen LogP contribution is 2.27. The Balaban J connectivity index is 1.75. The number of carbonyl (C=O) groups excluding carboxylic acids is 1. The lowest BCUT2D eigenvalue weighted by atomic mass is 9.95. The van der Waals surface area contributed by atoms with Gasteiger partial charge in [0, 0.05) is 16.1 Å². The average molecular weight is 494 g/mol. The highest BCUT2D eigenvalue weighted by atomic mass is 79.9. The Bertz CT molecular complexity index is 1010. The molecule has 2 aromatic carbocycles. The number of hydrogen-bond donors (Lipinski definition) is 2. The van der Waals surface area contributed by atoms with Crippen molar-refractivity contribution >= 4 is 38.1 Å². The summed E-state index contributed by atoms with van der Waals surface area (Å²) in [6, 6.07) is 12.8. The maximum Gasteiger partial charge on any atom is 0.255 e. The molecule has 7 nitrogen and oxygen atoms in total. The van der Waals surface area contributed by atoms with Gasteiger partial charge in [-0.15, -0.1) is 0 Å². The fourth-order valence-electron chi connectivity index (χ4n) is 3.49. The number of rotatable bonds is 7. The number of hydrazone groups is 1. The van der Waals surface area contributed by atoms with E-state index in [2.05, 4.69) is 26.5 Å². The minimum atomic E-state index is -3.81. The van der Waals surface area contributed by atoms with Gasteiger partial charge >= 0.3 is 0 Å². The molecule has 2 aromatic rings. The van der Waals surface area contributed by atoms with Crippen molar-refractivity contribution in [3.63, 3.8) is 0 Å². The second-order valence-corrected chi connectivity index (χ2v) is 9.96. The van der Waals surface area contributed by atoms with Crippen LogP contribution in [0.3, 0.4) is 0 Å². The number of sulfonamides is 1. The highest BCUT2D eigenvalue weighted by molar-refractivity contribution is 9.10. The molecule has 1 aliphatic carbocycles.